The maximum Gasteiger partial charge on any atom is 0.224 e. The van der Waals surface area contributed by atoms with Gasteiger partial charge in [0.05, 0.1) is 18.7 Å². The van der Waals surface area contributed by atoms with Gasteiger partial charge in [0, 0.05) is 12.0 Å². The summed E-state index contributed by atoms with van der Waals surface area (Å²) in [6, 6.07) is 3.37. The maximum atomic E-state index is 11.7. The van der Waals surface area contributed by atoms with Crippen LogP contribution in [0.5, 0.6) is 5.75 Å². The monoisotopic (exact) mass is 253 g/mol. The van der Waals surface area contributed by atoms with Crippen LogP contribution in [0, 0.1) is 0 Å². The Morgan fingerprint density at radius 3 is 2.88 bits per heavy atom. The van der Waals surface area contributed by atoms with Gasteiger partial charge in [0.1, 0.15) is 5.75 Å². The van der Waals surface area contributed by atoms with E-state index >= 15 is 0 Å². The van der Waals surface area contributed by atoms with Gasteiger partial charge in [0.25, 0.3) is 0 Å². The molecule has 1 heterocycles. The second-order valence-corrected chi connectivity index (χ2v) is 4.04. The van der Waals surface area contributed by atoms with Crippen molar-refractivity contribution in [3.05, 3.63) is 23.3 Å². The molecule has 1 aliphatic rings. The average Bonchev–Trinajstić information content (AvgIpc) is 2.36. The van der Waals surface area contributed by atoms with E-state index in [1.165, 1.54) is 7.11 Å². The molecule has 0 spiro atoms. The van der Waals surface area contributed by atoms with E-state index in [0.29, 0.717) is 29.8 Å². The summed E-state index contributed by atoms with van der Waals surface area (Å²) in [6.07, 6.45) is 0.916. The number of anilines is 1. The van der Waals surface area contributed by atoms with E-state index in [4.69, 9.17) is 16.3 Å². The Morgan fingerprint density at radius 2 is 2.24 bits per heavy atom. The zero-order valence-corrected chi connectivity index (χ0v) is 10.1. The zero-order chi connectivity index (χ0) is 12.4. The lowest BCUT2D eigenvalue weighted by Gasteiger charge is -2.21. The molecule has 0 radical (unpaired) electrons. The molecular formula is C12H12ClNO3. The molecule has 2 rings (SSSR count). The van der Waals surface area contributed by atoms with Crippen LogP contribution in [-0.4, -0.2) is 24.7 Å². The molecule has 0 fully saturated rings. The molecule has 0 saturated carbocycles. The predicted molar refractivity (Wildman–Crippen MR) is 65.0 cm³/mol. The lowest BCUT2D eigenvalue weighted by atomic mass is 9.94. The number of ether oxygens (including phenoxy) is 1. The summed E-state index contributed by atoms with van der Waals surface area (Å²) in [7, 11) is 1.53. The smallest absolute Gasteiger partial charge is 0.224 e. The molecule has 1 N–H and O–H groups in total. The van der Waals surface area contributed by atoms with E-state index in [1.807, 2.05) is 0 Å². The van der Waals surface area contributed by atoms with Crippen molar-refractivity contribution in [3.63, 3.8) is 0 Å². The number of fused-ring (bicyclic) bond motifs is 1. The largest absolute Gasteiger partial charge is 0.495 e. The van der Waals surface area contributed by atoms with Crippen LogP contribution in [0.15, 0.2) is 12.1 Å². The van der Waals surface area contributed by atoms with Gasteiger partial charge in [-0.25, -0.2) is 0 Å². The molecule has 0 saturated heterocycles. The third kappa shape index (κ3) is 2.13. The summed E-state index contributed by atoms with van der Waals surface area (Å²) >= 11 is 5.56. The number of amides is 1. The van der Waals surface area contributed by atoms with Gasteiger partial charge in [-0.3, -0.25) is 9.59 Å². The Labute approximate surface area is 104 Å². The summed E-state index contributed by atoms with van der Waals surface area (Å²) < 4.78 is 5.17. The third-order valence-electron chi connectivity index (χ3n) is 2.78. The first-order valence-electron chi connectivity index (χ1n) is 5.26. The summed E-state index contributed by atoms with van der Waals surface area (Å²) in [5, 5.41) is 2.74. The Hall–Kier alpha value is -1.55. The lowest BCUT2D eigenvalue weighted by Crippen LogP contribution is -2.22. The normalized spacial score (nSPS) is 13.9. The second-order valence-electron chi connectivity index (χ2n) is 3.77. The topological polar surface area (TPSA) is 55.4 Å². The van der Waals surface area contributed by atoms with E-state index in [9.17, 15) is 9.59 Å². The van der Waals surface area contributed by atoms with E-state index in [1.54, 1.807) is 12.1 Å². The Bertz CT molecular complexity index is 485. The SMILES string of the molecule is COc1ccc(C(=O)CCl)c2c1NC(=O)CC2. The Kier molecular flexibility index (Phi) is 3.33. The molecule has 0 aromatic heterocycles. The van der Waals surface area contributed by atoms with E-state index < -0.39 is 0 Å². The fourth-order valence-electron chi connectivity index (χ4n) is 1.97. The molecule has 1 aromatic carbocycles. The van der Waals surface area contributed by atoms with Gasteiger partial charge in [-0.2, -0.15) is 0 Å². The molecule has 1 aromatic rings. The fourth-order valence-corrected chi connectivity index (χ4v) is 2.11. The number of carbonyl (C=O) groups is 2. The summed E-state index contributed by atoms with van der Waals surface area (Å²) in [5.74, 6) is 0.305. The fraction of sp³-hybridized carbons (Fsp3) is 0.333. The third-order valence-corrected chi connectivity index (χ3v) is 3.03. The number of ketones is 1. The van der Waals surface area contributed by atoms with Crippen molar-refractivity contribution in [2.24, 2.45) is 0 Å². The van der Waals surface area contributed by atoms with Crippen LogP contribution in [0.3, 0.4) is 0 Å². The van der Waals surface area contributed by atoms with Gasteiger partial charge < -0.3 is 10.1 Å². The van der Waals surface area contributed by atoms with Crippen LogP contribution in [0.25, 0.3) is 0 Å². The molecular weight excluding hydrogens is 242 g/mol. The van der Waals surface area contributed by atoms with Gasteiger partial charge in [-0.15, -0.1) is 11.6 Å². The average molecular weight is 254 g/mol. The number of alkyl halides is 1. The first kappa shape index (κ1) is 11.9. The molecule has 1 aliphatic heterocycles. The number of rotatable bonds is 3. The highest BCUT2D eigenvalue weighted by atomic mass is 35.5. The summed E-state index contributed by atoms with van der Waals surface area (Å²) in [4.78, 5) is 23.0. The summed E-state index contributed by atoms with van der Waals surface area (Å²) in [6.45, 7) is 0. The number of hydrogen-bond acceptors (Lipinski definition) is 3. The lowest BCUT2D eigenvalue weighted by molar-refractivity contribution is -0.116. The number of carbonyl (C=O) groups excluding carboxylic acids is 2. The first-order valence-corrected chi connectivity index (χ1v) is 5.79. The maximum absolute atomic E-state index is 11.7. The number of hydrogen-bond donors (Lipinski definition) is 1. The van der Waals surface area contributed by atoms with Crippen LogP contribution < -0.4 is 10.1 Å². The molecule has 5 heteroatoms. The minimum atomic E-state index is -0.137. The summed E-state index contributed by atoms with van der Waals surface area (Å²) in [5.41, 5.74) is 1.98. The van der Waals surface area contributed by atoms with E-state index in [2.05, 4.69) is 5.32 Å². The van der Waals surface area contributed by atoms with Gasteiger partial charge in [0.2, 0.25) is 5.91 Å². The van der Waals surface area contributed by atoms with Gasteiger partial charge in [-0.1, -0.05) is 0 Å². The molecule has 4 nitrogen and oxygen atoms in total. The Balaban J connectivity index is 2.55. The number of methoxy groups -OCH3 is 1. The quantitative estimate of drug-likeness (QED) is 0.662. The van der Waals surface area contributed by atoms with Crippen molar-refractivity contribution < 1.29 is 14.3 Å². The number of halogens is 1. The standard InChI is InChI=1S/C12H12ClNO3/c1-17-10-4-2-7(9(15)6-13)8-3-5-11(16)14-12(8)10/h2,4H,3,5-6H2,1H3,(H,14,16). The van der Waals surface area contributed by atoms with Gasteiger partial charge in [0.15, 0.2) is 5.78 Å². The highest BCUT2D eigenvalue weighted by Gasteiger charge is 2.23. The van der Waals surface area contributed by atoms with Crippen LogP contribution in [0.1, 0.15) is 22.3 Å². The van der Waals surface area contributed by atoms with Crippen molar-refractivity contribution in [3.8, 4) is 5.75 Å². The number of benzene rings is 1. The van der Waals surface area contributed by atoms with Crippen LogP contribution in [0.2, 0.25) is 0 Å². The molecule has 0 atom stereocenters. The highest BCUT2D eigenvalue weighted by molar-refractivity contribution is 6.30. The number of Topliss-reactive ketones (excluding diaryl/α,β-unsaturated/α-hetero) is 1. The van der Waals surface area contributed by atoms with E-state index in [0.717, 1.165) is 5.56 Å². The van der Waals surface area contributed by atoms with Crippen LogP contribution >= 0.6 is 11.6 Å². The minimum absolute atomic E-state index is 0.0628. The van der Waals surface area contributed by atoms with Crippen molar-refractivity contribution in [2.75, 3.05) is 18.3 Å². The molecule has 0 unspecified atom stereocenters. The van der Waals surface area contributed by atoms with Crippen LogP contribution in [-0.2, 0) is 11.2 Å². The van der Waals surface area contributed by atoms with Crippen molar-refractivity contribution in [1.29, 1.82) is 0 Å². The van der Waals surface area contributed by atoms with Crippen molar-refractivity contribution in [1.82, 2.24) is 0 Å². The minimum Gasteiger partial charge on any atom is -0.495 e. The highest BCUT2D eigenvalue weighted by Crippen LogP contribution is 2.35. The van der Waals surface area contributed by atoms with E-state index in [-0.39, 0.29) is 17.6 Å². The second kappa shape index (κ2) is 4.75. The molecule has 90 valence electrons. The first-order chi connectivity index (χ1) is 8.17. The van der Waals surface area contributed by atoms with Crippen molar-refractivity contribution in [2.45, 2.75) is 12.8 Å². The number of nitrogens with one attached hydrogen (secondary N) is 1. The van der Waals surface area contributed by atoms with Gasteiger partial charge >= 0.3 is 0 Å². The molecule has 0 bridgehead atoms. The van der Waals surface area contributed by atoms with Crippen molar-refractivity contribution >= 4 is 29.0 Å². The molecule has 1 amide bonds. The Morgan fingerprint density at radius 1 is 1.47 bits per heavy atom. The molecule has 0 aliphatic carbocycles. The predicted octanol–water partition coefficient (Wildman–Crippen LogP) is 2.00. The molecule has 17 heavy (non-hydrogen) atoms. The zero-order valence-electron chi connectivity index (χ0n) is 9.38. The van der Waals surface area contributed by atoms with Gasteiger partial charge in [-0.05, 0) is 24.1 Å². The van der Waals surface area contributed by atoms with Crippen LogP contribution in [0.4, 0.5) is 5.69 Å².